The molecule has 1 aromatic carbocycles. The molecule has 0 bridgehead atoms. The number of pyridine rings is 1. The zero-order valence-electron chi connectivity index (χ0n) is 13.8. The number of carbonyl (C=O) groups excluding carboxylic acids is 2. The largest absolute Gasteiger partial charge is 0.351 e. The fourth-order valence-corrected chi connectivity index (χ4v) is 2.98. The number of nitrogens with zero attached hydrogens (tertiary/aromatic N) is 2. The molecule has 0 radical (unpaired) electrons. The minimum atomic E-state index is -0.376. The van der Waals surface area contributed by atoms with Crippen LogP contribution in [0.4, 0.5) is 4.39 Å². The molecule has 128 valence electrons. The summed E-state index contributed by atoms with van der Waals surface area (Å²) in [5, 5.41) is 12.2. The van der Waals surface area contributed by atoms with E-state index in [1.165, 1.54) is 19.1 Å². The molecule has 0 saturated carbocycles. The Morgan fingerprint density at radius 1 is 1.36 bits per heavy atom. The van der Waals surface area contributed by atoms with Crippen LogP contribution in [0.3, 0.4) is 0 Å². The molecule has 0 unspecified atom stereocenters. The van der Waals surface area contributed by atoms with E-state index in [1.54, 1.807) is 25.1 Å². The van der Waals surface area contributed by atoms with E-state index in [-0.39, 0.29) is 35.4 Å². The van der Waals surface area contributed by atoms with Crippen molar-refractivity contribution in [2.24, 2.45) is 0 Å². The smallest absolute Gasteiger partial charge is 0.230 e. The summed E-state index contributed by atoms with van der Waals surface area (Å²) < 4.78 is 13.5. The number of nitrogens with one attached hydrogen (secondary N) is 1. The maximum absolute atomic E-state index is 13.5. The zero-order valence-corrected chi connectivity index (χ0v) is 14.6. The summed E-state index contributed by atoms with van der Waals surface area (Å²) in [7, 11) is 0. The Morgan fingerprint density at radius 3 is 2.72 bits per heavy atom. The maximum Gasteiger partial charge on any atom is 0.230 e. The number of hydrogen-bond acceptors (Lipinski definition) is 5. The van der Waals surface area contributed by atoms with Crippen LogP contribution in [-0.2, 0) is 11.3 Å². The minimum Gasteiger partial charge on any atom is -0.351 e. The highest BCUT2D eigenvalue weighted by Crippen LogP contribution is 2.23. The van der Waals surface area contributed by atoms with Crippen molar-refractivity contribution in [3.63, 3.8) is 0 Å². The molecule has 2 rings (SSSR count). The number of thioether (sulfide) groups is 1. The van der Waals surface area contributed by atoms with Gasteiger partial charge in [0.25, 0.3) is 0 Å². The highest BCUT2D eigenvalue weighted by atomic mass is 32.2. The number of halogens is 1. The Labute approximate surface area is 149 Å². The number of aryl methyl sites for hydroxylation is 1. The van der Waals surface area contributed by atoms with Crippen LogP contribution in [0.2, 0.25) is 0 Å². The molecular formula is C18H16FN3O2S. The Morgan fingerprint density at radius 2 is 2.08 bits per heavy atom. The average Bonchev–Trinajstić information content (AvgIpc) is 2.59. The zero-order chi connectivity index (χ0) is 18.4. The third kappa shape index (κ3) is 4.88. The third-order valence-electron chi connectivity index (χ3n) is 3.45. The van der Waals surface area contributed by atoms with Crippen molar-refractivity contribution in [3.8, 4) is 6.07 Å². The number of hydrogen-bond donors (Lipinski definition) is 1. The number of aromatic nitrogens is 1. The summed E-state index contributed by atoms with van der Waals surface area (Å²) in [5.41, 5.74) is 1.56. The first-order chi connectivity index (χ1) is 11.9. The molecular weight excluding hydrogens is 341 g/mol. The molecule has 7 heteroatoms. The lowest BCUT2D eigenvalue weighted by Crippen LogP contribution is -2.25. The van der Waals surface area contributed by atoms with Gasteiger partial charge < -0.3 is 5.32 Å². The van der Waals surface area contributed by atoms with Gasteiger partial charge in [0, 0.05) is 23.4 Å². The first-order valence-electron chi connectivity index (χ1n) is 7.48. The van der Waals surface area contributed by atoms with Crippen LogP contribution in [0.1, 0.15) is 34.1 Å². The molecule has 0 aliphatic rings. The Hall–Kier alpha value is -2.72. The normalized spacial score (nSPS) is 10.2. The van der Waals surface area contributed by atoms with E-state index < -0.39 is 0 Å². The van der Waals surface area contributed by atoms with Crippen molar-refractivity contribution in [1.29, 1.82) is 5.26 Å². The highest BCUT2D eigenvalue weighted by molar-refractivity contribution is 8.00. The summed E-state index contributed by atoms with van der Waals surface area (Å²) in [4.78, 5) is 27.7. The molecule has 1 aromatic heterocycles. The first-order valence-corrected chi connectivity index (χ1v) is 8.46. The van der Waals surface area contributed by atoms with Crippen molar-refractivity contribution < 1.29 is 14.0 Å². The molecule has 0 spiro atoms. The van der Waals surface area contributed by atoms with E-state index in [2.05, 4.69) is 10.3 Å². The second-order valence-electron chi connectivity index (χ2n) is 5.30. The molecule has 1 N–H and O–H groups in total. The lowest BCUT2D eigenvalue weighted by Gasteiger charge is -2.09. The summed E-state index contributed by atoms with van der Waals surface area (Å²) >= 11 is 1.10. The van der Waals surface area contributed by atoms with Gasteiger partial charge in [-0.25, -0.2) is 9.37 Å². The SMILES string of the molecule is CC(=O)c1cc(C#N)c(SCC(=O)NCc2ccccc2F)nc1C. The molecule has 0 saturated heterocycles. The first kappa shape index (κ1) is 18.6. The fourth-order valence-electron chi connectivity index (χ4n) is 2.15. The number of ketones is 1. The van der Waals surface area contributed by atoms with Crippen molar-refractivity contribution >= 4 is 23.5 Å². The van der Waals surface area contributed by atoms with Crippen molar-refractivity contribution in [1.82, 2.24) is 10.3 Å². The van der Waals surface area contributed by atoms with Crippen LogP contribution < -0.4 is 5.32 Å². The highest BCUT2D eigenvalue weighted by Gasteiger charge is 2.14. The molecule has 1 amide bonds. The number of carbonyl (C=O) groups is 2. The maximum atomic E-state index is 13.5. The number of nitriles is 1. The molecule has 1 heterocycles. The number of amides is 1. The second-order valence-corrected chi connectivity index (χ2v) is 6.26. The van der Waals surface area contributed by atoms with Crippen molar-refractivity contribution in [3.05, 3.63) is 58.5 Å². The number of Topliss-reactive ketones (excluding diaryl/α,β-unsaturated/α-hetero) is 1. The predicted octanol–water partition coefficient (Wildman–Crippen LogP) is 3.01. The van der Waals surface area contributed by atoms with Crippen LogP contribution in [-0.4, -0.2) is 22.4 Å². The van der Waals surface area contributed by atoms with Crippen molar-refractivity contribution in [2.45, 2.75) is 25.4 Å². The van der Waals surface area contributed by atoms with E-state index in [0.29, 0.717) is 21.8 Å². The Kier molecular flexibility index (Phi) is 6.25. The van der Waals surface area contributed by atoms with Gasteiger partial charge in [0.1, 0.15) is 16.9 Å². The van der Waals surface area contributed by atoms with Gasteiger partial charge in [0.15, 0.2) is 5.78 Å². The van der Waals surface area contributed by atoms with Crippen LogP contribution in [0.25, 0.3) is 0 Å². The average molecular weight is 357 g/mol. The fraction of sp³-hybridized carbons (Fsp3) is 0.222. The summed E-state index contributed by atoms with van der Waals surface area (Å²) in [6, 6.07) is 9.69. The predicted molar refractivity (Wildman–Crippen MR) is 92.7 cm³/mol. The number of benzene rings is 1. The lowest BCUT2D eigenvalue weighted by atomic mass is 10.1. The third-order valence-corrected chi connectivity index (χ3v) is 4.44. The van der Waals surface area contributed by atoms with Gasteiger partial charge in [-0.05, 0) is 26.0 Å². The van der Waals surface area contributed by atoms with Crippen molar-refractivity contribution in [2.75, 3.05) is 5.75 Å². The molecule has 2 aromatic rings. The van der Waals surface area contributed by atoms with E-state index >= 15 is 0 Å². The molecule has 5 nitrogen and oxygen atoms in total. The van der Waals surface area contributed by atoms with Gasteiger partial charge >= 0.3 is 0 Å². The van der Waals surface area contributed by atoms with Gasteiger partial charge in [-0.1, -0.05) is 30.0 Å². The number of rotatable bonds is 6. The van der Waals surface area contributed by atoms with Crippen LogP contribution in [0.5, 0.6) is 0 Å². The van der Waals surface area contributed by atoms with E-state index in [1.807, 2.05) is 6.07 Å². The standard InChI is InChI=1S/C18H16FN3O2S/c1-11-15(12(2)23)7-14(8-20)18(22-11)25-10-17(24)21-9-13-5-3-4-6-16(13)19/h3-7H,9-10H2,1-2H3,(H,21,24). The Bertz CT molecular complexity index is 862. The van der Waals surface area contributed by atoms with E-state index in [9.17, 15) is 19.2 Å². The Balaban J connectivity index is 2.00. The van der Waals surface area contributed by atoms with Gasteiger partial charge in [-0.3, -0.25) is 9.59 Å². The molecule has 0 aliphatic heterocycles. The van der Waals surface area contributed by atoms with Gasteiger partial charge in [0.2, 0.25) is 5.91 Å². The van der Waals surface area contributed by atoms with E-state index in [4.69, 9.17) is 0 Å². The summed E-state index contributed by atoms with van der Waals surface area (Å²) in [6.07, 6.45) is 0. The van der Waals surface area contributed by atoms with Crippen LogP contribution in [0, 0.1) is 24.1 Å². The monoisotopic (exact) mass is 357 g/mol. The molecule has 0 fully saturated rings. The molecule has 0 atom stereocenters. The quantitative estimate of drug-likeness (QED) is 0.635. The van der Waals surface area contributed by atoms with Gasteiger partial charge in [-0.15, -0.1) is 0 Å². The second kappa shape index (κ2) is 8.40. The van der Waals surface area contributed by atoms with Crippen LogP contribution >= 0.6 is 11.8 Å². The molecule has 0 aliphatic carbocycles. The topological polar surface area (TPSA) is 82.8 Å². The molecule has 25 heavy (non-hydrogen) atoms. The lowest BCUT2D eigenvalue weighted by molar-refractivity contribution is -0.118. The summed E-state index contributed by atoms with van der Waals surface area (Å²) in [6.45, 7) is 3.18. The summed E-state index contributed by atoms with van der Waals surface area (Å²) in [5.74, 6) is -0.804. The van der Waals surface area contributed by atoms with Gasteiger partial charge in [0.05, 0.1) is 11.3 Å². The van der Waals surface area contributed by atoms with Crippen LogP contribution in [0.15, 0.2) is 35.4 Å². The minimum absolute atomic E-state index is 0.0367. The van der Waals surface area contributed by atoms with E-state index in [0.717, 1.165) is 11.8 Å². The van der Waals surface area contributed by atoms with Gasteiger partial charge in [-0.2, -0.15) is 5.26 Å².